The Labute approximate surface area is 228 Å². The molecule has 1 aliphatic rings. The minimum atomic E-state index is -1.12. The molecule has 1 aromatic carbocycles. The maximum atomic E-state index is 14.2. The molecule has 0 unspecified atom stereocenters. The van der Waals surface area contributed by atoms with E-state index in [4.69, 9.17) is 15.0 Å². The van der Waals surface area contributed by atoms with E-state index < -0.39 is 28.6 Å². The van der Waals surface area contributed by atoms with E-state index in [-0.39, 0.29) is 48.3 Å². The van der Waals surface area contributed by atoms with Gasteiger partial charge in [-0.25, -0.2) is 18.7 Å². The van der Waals surface area contributed by atoms with Gasteiger partial charge in [-0.3, -0.25) is 14.2 Å². The molecule has 5 aromatic rings. The highest BCUT2D eigenvalue weighted by Gasteiger charge is 2.39. The zero-order valence-electron chi connectivity index (χ0n) is 20.9. The summed E-state index contributed by atoms with van der Waals surface area (Å²) in [6, 6.07) is 8.55. The van der Waals surface area contributed by atoms with Gasteiger partial charge < -0.3 is 25.6 Å². The summed E-state index contributed by atoms with van der Waals surface area (Å²) >= 11 is 1.48. The Morgan fingerprint density at radius 1 is 1.25 bits per heavy atom. The number of carbonyl (C=O) groups excluding carboxylic acids is 1. The molecular weight excluding hydrogens is 544 g/mol. The van der Waals surface area contributed by atoms with Crippen molar-refractivity contribution in [2.24, 2.45) is 0 Å². The lowest BCUT2D eigenvalue weighted by Gasteiger charge is -2.33. The van der Waals surface area contributed by atoms with Crippen LogP contribution in [0.1, 0.15) is 17.6 Å². The molecule has 204 valence electrons. The summed E-state index contributed by atoms with van der Waals surface area (Å²) < 4.78 is 41.7. The average Bonchev–Trinajstić information content (AvgIpc) is 3.57. The number of nitrogens with two attached hydrogens (primary N) is 1. The molecule has 5 heterocycles. The molecular formula is C26H21F2N7O4S. The van der Waals surface area contributed by atoms with Gasteiger partial charge in [0.05, 0.1) is 12.1 Å². The predicted octanol–water partition coefficient (Wildman–Crippen LogP) is 3.40. The van der Waals surface area contributed by atoms with Crippen molar-refractivity contribution < 1.29 is 22.8 Å². The van der Waals surface area contributed by atoms with Crippen molar-refractivity contribution in [2.45, 2.75) is 25.6 Å². The van der Waals surface area contributed by atoms with E-state index in [1.807, 2.05) is 6.07 Å². The summed E-state index contributed by atoms with van der Waals surface area (Å²) in [7, 11) is 0. The number of nitrogens with one attached hydrogen (secondary N) is 2. The van der Waals surface area contributed by atoms with Crippen LogP contribution in [-0.2, 0) is 23.4 Å². The van der Waals surface area contributed by atoms with Gasteiger partial charge in [-0.05, 0) is 31.2 Å². The van der Waals surface area contributed by atoms with Crippen LogP contribution in [0.3, 0.4) is 0 Å². The molecule has 0 saturated heterocycles. The first kappa shape index (κ1) is 25.4. The monoisotopic (exact) mass is 565 g/mol. The molecule has 6 rings (SSSR count). The number of nitrogen functional groups attached to an aromatic ring is 1. The smallest absolute Gasteiger partial charge is 0.281 e. The Bertz CT molecular complexity index is 1820. The van der Waals surface area contributed by atoms with E-state index >= 15 is 0 Å². The van der Waals surface area contributed by atoms with Gasteiger partial charge in [-0.2, -0.15) is 0 Å². The number of anilines is 2. The van der Waals surface area contributed by atoms with Crippen molar-refractivity contribution >= 4 is 38.8 Å². The summed E-state index contributed by atoms with van der Waals surface area (Å²) in [5, 5.41) is 10.6. The first-order valence-electron chi connectivity index (χ1n) is 12.0. The van der Waals surface area contributed by atoms with Crippen LogP contribution in [0.5, 0.6) is 5.88 Å². The lowest BCUT2D eigenvalue weighted by atomic mass is 9.97. The Hall–Kier alpha value is -4.85. The topological polar surface area (TPSA) is 150 Å². The molecule has 0 aliphatic carbocycles. The standard InChI is InChI=1S/C26H21F2N7O4S/c1-26(19-6-17(34-39-19)22-15(27)3-2-4-16(22)28)11-38-24-23(33-26)25(37)35(12-32-24)10-21(36)31-9-14-5-13-8-30-20(29)7-18(13)40-14/h2-8,12,33H,9-11H2,1H3,(H2,29,30)(H,31,36)/t26-/m0/s1. The molecule has 11 nitrogen and oxygen atoms in total. The fraction of sp³-hybridized carbons (Fsp3) is 0.192. The number of rotatable bonds is 6. The largest absolute Gasteiger partial charge is 0.473 e. The number of ether oxygens (including phenoxy) is 1. The lowest BCUT2D eigenvalue weighted by molar-refractivity contribution is -0.121. The van der Waals surface area contributed by atoms with Gasteiger partial charge >= 0.3 is 0 Å². The van der Waals surface area contributed by atoms with Crippen LogP contribution in [0.15, 0.2) is 58.2 Å². The molecule has 0 bridgehead atoms. The van der Waals surface area contributed by atoms with E-state index in [9.17, 15) is 18.4 Å². The molecule has 0 spiro atoms. The van der Waals surface area contributed by atoms with E-state index in [1.54, 1.807) is 19.2 Å². The van der Waals surface area contributed by atoms with Crippen molar-refractivity contribution in [1.29, 1.82) is 0 Å². The Morgan fingerprint density at radius 2 is 2.05 bits per heavy atom. The molecule has 0 saturated carbocycles. The number of hydrogen-bond acceptors (Lipinski definition) is 10. The number of hydrogen-bond donors (Lipinski definition) is 3. The van der Waals surface area contributed by atoms with Gasteiger partial charge in [-0.15, -0.1) is 11.3 Å². The lowest BCUT2D eigenvalue weighted by Crippen LogP contribution is -2.45. The van der Waals surface area contributed by atoms with Crippen molar-refractivity contribution in [2.75, 3.05) is 17.7 Å². The first-order chi connectivity index (χ1) is 19.2. The summed E-state index contributed by atoms with van der Waals surface area (Å²) in [6.07, 6.45) is 2.90. The molecule has 0 fully saturated rings. The fourth-order valence-corrected chi connectivity index (χ4v) is 5.36. The highest BCUT2D eigenvalue weighted by atomic mass is 32.1. The van der Waals surface area contributed by atoms with Crippen LogP contribution in [0.2, 0.25) is 0 Å². The first-order valence-corrected chi connectivity index (χ1v) is 12.8. The molecule has 1 atom stereocenters. The van der Waals surface area contributed by atoms with E-state index in [2.05, 4.69) is 25.8 Å². The van der Waals surface area contributed by atoms with Crippen LogP contribution in [0, 0.1) is 11.6 Å². The number of fused-ring (bicyclic) bond motifs is 2. The average molecular weight is 566 g/mol. The number of carbonyl (C=O) groups is 1. The van der Waals surface area contributed by atoms with Crippen molar-refractivity contribution in [1.82, 2.24) is 25.0 Å². The van der Waals surface area contributed by atoms with Crippen molar-refractivity contribution in [3.63, 3.8) is 0 Å². The molecule has 4 N–H and O–H groups in total. The maximum absolute atomic E-state index is 14.2. The second-order valence-corrected chi connectivity index (χ2v) is 10.6. The number of benzene rings is 1. The molecule has 1 aliphatic heterocycles. The van der Waals surface area contributed by atoms with Crippen molar-refractivity contribution in [3.05, 3.63) is 81.5 Å². The quantitative estimate of drug-likeness (QED) is 0.281. The van der Waals surface area contributed by atoms with Gasteiger partial charge in [0.25, 0.3) is 5.56 Å². The Kier molecular flexibility index (Phi) is 6.18. The normalized spacial score (nSPS) is 16.3. The number of thiophene rings is 1. The predicted molar refractivity (Wildman–Crippen MR) is 143 cm³/mol. The van der Waals surface area contributed by atoms with Gasteiger partial charge in [0, 0.05) is 27.2 Å². The number of pyridine rings is 1. The maximum Gasteiger partial charge on any atom is 0.281 e. The molecule has 14 heteroatoms. The number of halogens is 2. The third-order valence-corrected chi connectivity index (χ3v) is 7.52. The SMILES string of the molecule is C[C@@]1(c2cc(-c3c(F)cccc3F)no2)COc2ncn(CC(=O)NCc3cc4cnc(N)cc4s3)c(=O)c2N1. The number of amides is 1. The molecule has 1 amide bonds. The minimum Gasteiger partial charge on any atom is -0.473 e. The summed E-state index contributed by atoms with van der Waals surface area (Å²) in [4.78, 5) is 35.0. The minimum absolute atomic E-state index is 0.00803. The zero-order chi connectivity index (χ0) is 28.0. The fourth-order valence-electron chi connectivity index (χ4n) is 4.34. The highest BCUT2D eigenvalue weighted by Crippen LogP contribution is 2.36. The van der Waals surface area contributed by atoms with Gasteiger partial charge in [0.15, 0.2) is 11.4 Å². The van der Waals surface area contributed by atoms with Crippen molar-refractivity contribution in [3.8, 4) is 17.1 Å². The third-order valence-electron chi connectivity index (χ3n) is 6.42. The third kappa shape index (κ3) is 4.62. The van der Waals surface area contributed by atoms with Crippen LogP contribution >= 0.6 is 11.3 Å². The number of nitrogens with zero attached hydrogens (tertiary/aromatic N) is 4. The van der Waals surface area contributed by atoms with E-state index in [0.717, 1.165) is 31.7 Å². The van der Waals surface area contributed by atoms with Gasteiger partial charge in [0.1, 0.15) is 48.2 Å². The second-order valence-electron chi connectivity index (χ2n) is 9.41. The summed E-state index contributed by atoms with van der Waals surface area (Å²) in [6.45, 7) is 1.65. The Balaban J connectivity index is 1.18. The highest BCUT2D eigenvalue weighted by molar-refractivity contribution is 7.19. The zero-order valence-corrected chi connectivity index (χ0v) is 21.7. The molecule has 40 heavy (non-hydrogen) atoms. The van der Waals surface area contributed by atoms with Crippen LogP contribution in [-0.4, -0.2) is 32.2 Å². The van der Waals surface area contributed by atoms with Crippen LogP contribution in [0.4, 0.5) is 20.3 Å². The van der Waals surface area contributed by atoms with Gasteiger partial charge in [-0.1, -0.05) is 11.2 Å². The van der Waals surface area contributed by atoms with Crippen LogP contribution in [0.25, 0.3) is 21.3 Å². The molecule has 4 aromatic heterocycles. The van der Waals surface area contributed by atoms with E-state index in [0.29, 0.717) is 5.82 Å². The Morgan fingerprint density at radius 3 is 2.85 bits per heavy atom. The van der Waals surface area contributed by atoms with Crippen LogP contribution < -0.4 is 26.7 Å². The second kappa shape index (κ2) is 9.72. The summed E-state index contributed by atoms with van der Waals surface area (Å²) in [5.41, 5.74) is 3.69. The molecule has 0 radical (unpaired) electrons. The summed E-state index contributed by atoms with van der Waals surface area (Å²) in [5.74, 6) is -1.32. The van der Waals surface area contributed by atoms with Gasteiger partial charge in [0.2, 0.25) is 11.8 Å². The van der Waals surface area contributed by atoms with E-state index in [1.165, 1.54) is 29.8 Å². The number of aromatic nitrogens is 4.